The molecule has 0 radical (unpaired) electrons. The van der Waals surface area contributed by atoms with E-state index in [1.807, 2.05) is 0 Å². The molecule has 1 rings (SSSR count). The van der Waals surface area contributed by atoms with Gasteiger partial charge in [0.15, 0.2) is 0 Å². The lowest BCUT2D eigenvalue weighted by atomic mass is 10.1. The summed E-state index contributed by atoms with van der Waals surface area (Å²) in [5, 5.41) is 8.98. The molecule has 0 fully saturated rings. The molecule has 1 aromatic carbocycles. The third kappa shape index (κ3) is 4.02. The average Bonchev–Trinajstić information content (AvgIpc) is 2.37. The summed E-state index contributed by atoms with van der Waals surface area (Å²) in [6.07, 6.45) is 0. The second-order valence-electron chi connectivity index (χ2n) is 4.46. The van der Waals surface area contributed by atoms with Crippen molar-refractivity contribution in [3.63, 3.8) is 0 Å². The molecule has 7 heteroatoms. The molecule has 2 unspecified atom stereocenters. The van der Waals surface area contributed by atoms with Crippen LogP contribution in [-0.4, -0.2) is 32.1 Å². The molecule has 6 nitrogen and oxygen atoms in total. The van der Waals surface area contributed by atoms with Crippen molar-refractivity contribution in [2.75, 3.05) is 6.61 Å². The molecule has 0 heterocycles. The molecule has 0 saturated heterocycles. The van der Waals surface area contributed by atoms with Crippen molar-refractivity contribution in [2.45, 2.75) is 24.8 Å². The van der Waals surface area contributed by atoms with Crippen molar-refractivity contribution in [1.29, 1.82) is 0 Å². The number of primary amides is 1. The lowest BCUT2D eigenvalue weighted by Gasteiger charge is -2.19. The van der Waals surface area contributed by atoms with E-state index in [-0.39, 0.29) is 23.0 Å². The first-order chi connectivity index (χ1) is 8.77. The Hall–Kier alpha value is -1.44. The largest absolute Gasteiger partial charge is 0.396 e. The Morgan fingerprint density at radius 1 is 1.32 bits per heavy atom. The molecule has 0 bridgehead atoms. The van der Waals surface area contributed by atoms with Crippen LogP contribution in [0.25, 0.3) is 0 Å². The first kappa shape index (κ1) is 15.6. The highest BCUT2D eigenvalue weighted by molar-refractivity contribution is 7.89. The van der Waals surface area contributed by atoms with E-state index < -0.39 is 22.0 Å². The molecule has 0 aliphatic carbocycles. The van der Waals surface area contributed by atoms with E-state index in [2.05, 4.69) is 4.72 Å². The molecule has 0 aliphatic rings. The van der Waals surface area contributed by atoms with Crippen LogP contribution in [0.1, 0.15) is 24.2 Å². The van der Waals surface area contributed by atoms with Crippen molar-refractivity contribution in [3.8, 4) is 0 Å². The van der Waals surface area contributed by atoms with E-state index in [1.165, 1.54) is 24.3 Å². The lowest BCUT2D eigenvalue weighted by Crippen LogP contribution is -2.38. The maximum absolute atomic E-state index is 12.0. The molecule has 0 aliphatic heterocycles. The fourth-order valence-electron chi connectivity index (χ4n) is 1.39. The zero-order valence-electron chi connectivity index (χ0n) is 10.8. The maximum Gasteiger partial charge on any atom is 0.248 e. The summed E-state index contributed by atoms with van der Waals surface area (Å²) < 4.78 is 26.5. The minimum absolute atomic E-state index is 0.0505. The molecule has 1 amide bonds. The summed E-state index contributed by atoms with van der Waals surface area (Å²) in [5.41, 5.74) is 5.33. The molecular formula is C12H18N2O4S. The van der Waals surface area contributed by atoms with Gasteiger partial charge in [-0.05, 0) is 37.1 Å². The molecule has 1 aromatic rings. The first-order valence-corrected chi connectivity index (χ1v) is 7.29. The van der Waals surface area contributed by atoms with Gasteiger partial charge in [0.05, 0.1) is 4.90 Å². The molecule has 19 heavy (non-hydrogen) atoms. The topological polar surface area (TPSA) is 109 Å². The molecule has 0 aromatic heterocycles. The zero-order valence-corrected chi connectivity index (χ0v) is 11.6. The number of carbonyl (C=O) groups excluding carboxylic acids is 1. The molecule has 0 spiro atoms. The van der Waals surface area contributed by atoms with Crippen LogP contribution in [0, 0.1) is 5.92 Å². The van der Waals surface area contributed by atoms with Crippen LogP contribution in [0.3, 0.4) is 0 Å². The van der Waals surface area contributed by atoms with Gasteiger partial charge >= 0.3 is 0 Å². The monoisotopic (exact) mass is 286 g/mol. The molecule has 4 N–H and O–H groups in total. The molecule has 0 saturated carbocycles. The molecular weight excluding hydrogens is 268 g/mol. The van der Waals surface area contributed by atoms with Crippen LogP contribution in [-0.2, 0) is 10.0 Å². The Bertz CT molecular complexity index is 539. The maximum atomic E-state index is 12.0. The number of sulfonamides is 1. The third-order valence-corrected chi connectivity index (χ3v) is 4.51. The predicted octanol–water partition coefficient (Wildman–Crippen LogP) is 0.0807. The summed E-state index contributed by atoms with van der Waals surface area (Å²) >= 11 is 0. The van der Waals surface area contributed by atoms with Crippen LogP contribution in [0.2, 0.25) is 0 Å². The van der Waals surface area contributed by atoms with Gasteiger partial charge in [-0.1, -0.05) is 6.92 Å². The second-order valence-corrected chi connectivity index (χ2v) is 6.17. The van der Waals surface area contributed by atoms with Gasteiger partial charge in [-0.3, -0.25) is 4.79 Å². The Morgan fingerprint density at radius 2 is 1.84 bits per heavy atom. The Balaban J connectivity index is 2.91. The highest BCUT2D eigenvalue weighted by atomic mass is 32.2. The quantitative estimate of drug-likeness (QED) is 0.688. The number of hydrogen-bond donors (Lipinski definition) is 3. The Kier molecular flexibility index (Phi) is 5.04. The summed E-state index contributed by atoms with van der Waals surface area (Å²) in [7, 11) is -3.67. The van der Waals surface area contributed by atoms with Crippen LogP contribution in [0.4, 0.5) is 0 Å². The predicted molar refractivity (Wildman–Crippen MR) is 71.0 cm³/mol. The lowest BCUT2D eigenvalue weighted by molar-refractivity contribution is 0.1000. The normalized spacial score (nSPS) is 14.9. The van der Waals surface area contributed by atoms with E-state index in [9.17, 15) is 13.2 Å². The van der Waals surface area contributed by atoms with Gasteiger partial charge in [0.25, 0.3) is 0 Å². The van der Waals surface area contributed by atoms with Gasteiger partial charge in [0.2, 0.25) is 15.9 Å². The highest BCUT2D eigenvalue weighted by Gasteiger charge is 2.20. The van der Waals surface area contributed by atoms with Crippen LogP contribution in [0.5, 0.6) is 0 Å². The van der Waals surface area contributed by atoms with Gasteiger partial charge in [-0.15, -0.1) is 0 Å². The molecule has 106 valence electrons. The van der Waals surface area contributed by atoms with Gasteiger partial charge in [-0.2, -0.15) is 0 Å². The Morgan fingerprint density at radius 3 is 2.26 bits per heavy atom. The summed E-state index contributed by atoms with van der Waals surface area (Å²) in [4.78, 5) is 10.9. The van der Waals surface area contributed by atoms with Crippen molar-refractivity contribution >= 4 is 15.9 Å². The first-order valence-electron chi connectivity index (χ1n) is 5.81. The average molecular weight is 286 g/mol. The zero-order chi connectivity index (χ0) is 14.6. The highest BCUT2D eigenvalue weighted by Crippen LogP contribution is 2.12. The minimum Gasteiger partial charge on any atom is -0.396 e. The second kappa shape index (κ2) is 6.14. The number of aliphatic hydroxyl groups is 1. The number of nitrogens with two attached hydrogens (primary N) is 1. The van der Waals surface area contributed by atoms with Gasteiger partial charge in [0, 0.05) is 18.2 Å². The van der Waals surface area contributed by atoms with E-state index in [0.29, 0.717) is 0 Å². The van der Waals surface area contributed by atoms with Crippen molar-refractivity contribution < 1.29 is 18.3 Å². The van der Waals surface area contributed by atoms with Crippen molar-refractivity contribution in [1.82, 2.24) is 4.72 Å². The van der Waals surface area contributed by atoms with Crippen LogP contribution in [0.15, 0.2) is 29.2 Å². The van der Waals surface area contributed by atoms with Crippen LogP contribution < -0.4 is 10.5 Å². The van der Waals surface area contributed by atoms with E-state index in [1.54, 1.807) is 13.8 Å². The summed E-state index contributed by atoms with van der Waals surface area (Å²) in [6, 6.07) is 4.96. The van der Waals surface area contributed by atoms with Gasteiger partial charge < -0.3 is 10.8 Å². The van der Waals surface area contributed by atoms with Gasteiger partial charge in [0.1, 0.15) is 0 Å². The number of aliphatic hydroxyl groups excluding tert-OH is 1. The van der Waals surface area contributed by atoms with E-state index in [0.717, 1.165) is 0 Å². The number of amides is 1. The summed E-state index contributed by atoms with van der Waals surface area (Å²) in [5.74, 6) is -0.807. The SMILES string of the molecule is CC(CO)C(C)NS(=O)(=O)c1ccc(C(N)=O)cc1. The fourth-order valence-corrected chi connectivity index (χ4v) is 2.74. The van der Waals surface area contributed by atoms with Crippen LogP contribution >= 0.6 is 0 Å². The minimum atomic E-state index is -3.67. The van der Waals surface area contributed by atoms with E-state index in [4.69, 9.17) is 10.8 Å². The van der Waals surface area contributed by atoms with Crippen molar-refractivity contribution in [2.24, 2.45) is 11.7 Å². The number of hydrogen-bond acceptors (Lipinski definition) is 4. The van der Waals surface area contributed by atoms with Crippen molar-refractivity contribution in [3.05, 3.63) is 29.8 Å². The Labute approximate surface area is 112 Å². The number of rotatable bonds is 6. The van der Waals surface area contributed by atoms with E-state index >= 15 is 0 Å². The smallest absolute Gasteiger partial charge is 0.248 e. The number of nitrogens with one attached hydrogen (secondary N) is 1. The fraction of sp³-hybridized carbons (Fsp3) is 0.417. The number of carbonyl (C=O) groups is 1. The van der Waals surface area contributed by atoms with Gasteiger partial charge in [-0.25, -0.2) is 13.1 Å². The molecule has 2 atom stereocenters. The summed E-state index contributed by atoms with van der Waals surface area (Å²) in [6.45, 7) is 3.31. The standard InChI is InChI=1S/C12H18N2O4S/c1-8(7-15)9(2)14-19(17,18)11-5-3-10(4-6-11)12(13)16/h3-6,8-9,14-15H,7H2,1-2H3,(H2,13,16). The third-order valence-electron chi connectivity index (χ3n) is 2.93. The number of benzene rings is 1.